The Hall–Kier alpha value is -1.68. The number of esters is 1. The highest BCUT2D eigenvalue weighted by atomic mass is 16.5. The van der Waals surface area contributed by atoms with E-state index in [2.05, 4.69) is 0 Å². The molecule has 114 valence electrons. The Morgan fingerprint density at radius 2 is 1.95 bits per heavy atom. The zero-order valence-corrected chi connectivity index (χ0v) is 12.8. The second-order valence-corrected chi connectivity index (χ2v) is 6.02. The molecule has 0 amide bonds. The highest BCUT2D eigenvalue weighted by Gasteiger charge is 2.41. The van der Waals surface area contributed by atoms with E-state index in [-0.39, 0.29) is 24.0 Å². The average molecular weight is 290 g/mol. The molecule has 4 nitrogen and oxygen atoms in total. The topological polar surface area (TPSA) is 52.6 Å². The van der Waals surface area contributed by atoms with Crippen LogP contribution < -0.4 is 0 Å². The largest absolute Gasteiger partial charge is 0.469 e. The molecule has 1 aliphatic heterocycles. The Labute approximate surface area is 125 Å². The third kappa shape index (κ3) is 3.50. The average Bonchev–Trinajstić information content (AvgIpc) is 2.69. The summed E-state index contributed by atoms with van der Waals surface area (Å²) in [5.41, 5.74) is 0.199. The summed E-state index contributed by atoms with van der Waals surface area (Å²) in [6, 6.07) is 9.68. The first-order valence-corrected chi connectivity index (χ1v) is 7.25. The molecule has 0 aromatic heterocycles. The zero-order chi connectivity index (χ0) is 15.5. The number of Topliss-reactive ketones (excluding diaryl/α,β-unsaturated/α-hetero) is 1. The van der Waals surface area contributed by atoms with E-state index in [0.717, 1.165) is 5.56 Å². The summed E-state index contributed by atoms with van der Waals surface area (Å²) in [5.74, 6) is -0.138. The van der Waals surface area contributed by atoms with E-state index < -0.39 is 5.41 Å². The van der Waals surface area contributed by atoms with Crippen LogP contribution in [-0.2, 0) is 19.1 Å². The molecule has 1 heterocycles. The lowest BCUT2D eigenvalue weighted by atomic mass is 9.84. The maximum Gasteiger partial charge on any atom is 0.313 e. The van der Waals surface area contributed by atoms with Crippen molar-refractivity contribution in [1.82, 2.24) is 0 Å². The maximum absolute atomic E-state index is 12.0. The van der Waals surface area contributed by atoms with Crippen LogP contribution >= 0.6 is 0 Å². The summed E-state index contributed by atoms with van der Waals surface area (Å²) >= 11 is 0. The van der Waals surface area contributed by atoms with Gasteiger partial charge in [0.25, 0.3) is 0 Å². The number of rotatable bonds is 3. The second kappa shape index (κ2) is 6.39. The quantitative estimate of drug-likeness (QED) is 0.803. The molecule has 2 rings (SSSR count). The molecular formula is C17H22O4. The van der Waals surface area contributed by atoms with Gasteiger partial charge in [-0.25, -0.2) is 0 Å². The lowest BCUT2D eigenvalue weighted by Crippen LogP contribution is -2.40. The van der Waals surface area contributed by atoms with Crippen LogP contribution in [0.4, 0.5) is 0 Å². The van der Waals surface area contributed by atoms with Gasteiger partial charge in [-0.2, -0.15) is 0 Å². The molecule has 0 unspecified atom stereocenters. The summed E-state index contributed by atoms with van der Waals surface area (Å²) in [6.07, 6.45) is 0.716. The Balaban J connectivity index is 2.25. The predicted octanol–water partition coefficient (Wildman–Crippen LogP) is 3.07. The Morgan fingerprint density at radius 1 is 1.29 bits per heavy atom. The number of methoxy groups -OCH3 is 1. The molecule has 1 aromatic carbocycles. The number of ether oxygens (including phenoxy) is 2. The number of hydrogen-bond acceptors (Lipinski definition) is 4. The SMILES string of the molecule is COC(=O)C(C)(C)[C@@H]1CCC(=O)C[C@@H](c2ccccc2)O1. The van der Waals surface area contributed by atoms with Crippen LogP contribution in [0.25, 0.3) is 0 Å². The minimum Gasteiger partial charge on any atom is -0.469 e. The van der Waals surface area contributed by atoms with E-state index in [1.165, 1.54) is 7.11 Å². The normalized spacial score (nSPS) is 23.5. The summed E-state index contributed by atoms with van der Waals surface area (Å²) < 4.78 is 11.0. The molecule has 4 heteroatoms. The van der Waals surface area contributed by atoms with Crippen molar-refractivity contribution < 1.29 is 19.1 Å². The highest BCUT2D eigenvalue weighted by molar-refractivity contribution is 5.80. The molecule has 1 fully saturated rings. The fourth-order valence-electron chi connectivity index (χ4n) is 2.70. The fourth-order valence-corrected chi connectivity index (χ4v) is 2.70. The van der Waals surface area contributed by atoms with E-state index in [0.29, 0.717) is 19.3 Å². The molecular weight excluding hydrogens is 268 g/mol. The van der Waals surface area contributed by atoms with Crippen molar-refractivity contribution in [2.45, 2.75) is 45.3 Å². The molecule has 0 spiro atoms. The van der Waals surface area contributed by atoms with E-state index in [1.54, 1.807) is 13.8 Å². The van der Waals surface area contributed by atoms with Crippen LogP contribution in [-0.4, -0.2) is 25.0 Å². The van der Waals surface area contributed by atoms with Gasteiger partial charge >= 0.3 is 5.97 Å². The molecule has 2 atom stereocenters. The van der Waals surface area contributed by atoms with Gasteiger partial charge in [-0.05, 0) is 25.8 Å². The number of ketones is 1. The lowest BCUT2D eigenvalue weighted by molar-refractivity contribution is -0.164. The minimum absolute atomic E-state index is 0.173. The molecule has 0 bridgehead atoms. The van der Waals surface area contributed by atoms with Gasteiger partial charge in [-0.1, -0.05) is 30.3 Å². The molecule has 1 saturated heterocycles. The zero-order valence-electron chi connectivity index (χ0n) is 12.8. The summed E-state index contributed by atoms with van der Waals surface area (Å²) in [6.45, 7) is 3.61. The van der Waals surface area contributed by atoms with Crippen molar-refractivity contribution in [3.05, 3.63) is 35.9 Å². The van der Waals surface area contributed by atoms with Crippen molar-refractivity contribution in [3.8, 4) is 0 Å². The molecule has 0 radical (unpaired) electrons. The van der Waals surface area contributed by atoms with Gasteiger partial charge in [0.15, 0.2) is 0 Å². The lowest BCUT2D eigenvalue weighted by Gasteiger charge is -2.32. The van der Waals surface area contributed by atoms with Gasteiger partial charge in [-0.3, -0.25) is 9.59 Å². The first-order valence-electron chi connectivity index (χ1n) is 7.25. The van der Waals surface area contributed by atoms with Crippen LogP contribution in [0.5, 0.6) is 0 Å². The van der Waals surface area contributed by atoms with Crippen LogP contribution in [0.3, 0.4) is 0 Å². The van der Waals surface area contributed by atoms with Crippen molar-refractivity contribution >= 4 is 11.8 Å². The van der Waals surface area contributed by atoms with Crippen molar-refractivity contribution in [3.63, 3.8) is 0 Å². The van der Waals surface area contributed by atoms with Gasteiger partial charge in [0.05, 0.1) is 24.7 Å². The third-order valence-corrected chi connectivity index (χ3v) is 4.11. The van der Waals surface area contributed by atoms with Gasteiger partial charge < -0.3 is 9.47 Å². The van der Waals surface area contributed by atoms with Crippen molar-refractivity contribution in [2.24, 2.45) is 5.41 Å². The molecule has 0 saturated carbocycles. The summed E-state index contributed by atoms with van der Waals surface area (Å²) in [7, 11) is 1.38. The first-order chi connectivity index (χ1) is 9.95. The van der Waals surface area contributed by atoms with Crippen LogP contribution in [0.15, 0.2) is 30.3 Å². The number of carbonyl (C=O) groups excluding carboxylic acids is 2. The summed E-state index contributed by atoms with van der Waals surface area (Å²) in [5, 5.41) is 0. The van der Waals surface area contributed by atoms with Crippen LogP contribution in [0.1, 0.15) is 44.8 Å². The standard InChI is InChI=1S/C17H22O4/c1-17(2,16(19)20-3)15-10-9-13(18)11-14(21-15)12-7-5-4-6-8-12/h4-8,14-15H,9-11H2,1-3H3/t14-,15-/m0/s1. The molecule has 0 aliphatic carbocycles. The smallest absolute Gasteiger partial charge is 0.313 e. The van der Waals surface area contributed by atoms with Gasteiger partial charge in [0, 0.05) is 12.8 Å². The molecule has 1 aliphatic rings. The van der Waals surface area contributed by atoms with Crippen LogP contribution in [0, 0.1) is 5.41 Å². The molecule has 1 aromatic rings. The van der Waals surface area contributed by atoms with Gasteiger partial charge in [0.1, 0.15) is 5.78 Å². The Bertz CT molecular complexity index is 507. The van der Waals surface area contributed by atoms with E-state index in [1.807, 2.05) is 30.3 Å². The second-order valence-electron chi connectivity index (χ2n) is 6.02. The van der Waals surface area contributed by atoms with Gasteiger partial charge in [-0.15, -0.1) is 0 Å². The minimum atomic E-state index is -0.771. The molecule has 21 heavy (non-hydrogen) atoms. The molecule has 0 N–H and O–H groups in total. The third-order valence-electron chi connectivity index (χ3n) is 4.11. The monoisotopic (exact) mass is 290 g/mol. The highest BCUT2D eigenvalue weighted by Crippen LogP contribution is 2.36. The maximum atomic E-state index is 12.0. The number of benzene rings is 1. The van der Waals surface area contributed by atoms with Crippen molar-refractivity contribution in [1.29, 1.82) is 0 Å². The van der Waals surface area contributed by atoms with E-state index >= 15 is 0 Å². The fraction of sp³-hybridized carbons (Fsp3) is 0.529. The van der Waals surface area contributed by atoms with Gasteiger partial charge in [0.2, 0.25) is 0 Å². The Morgan fingerprint density at radius 3 is 2.57 bits per heavy atom. The number of carbonyl (C=O) groups is 2. The predicted molar refractivity (Wildman–Crippen MR) is 78.7 cm³/mol. The number of hydrogen-bond donors (Lipinski definition) is 0. The first kappa shape index (κ1) is 15.7. The Kier molecular flexibility index (Phi) is 4.78. The van der Waals surface area contributed by atoms with E-state index in [9.17, 15) is 9.59 Å². The summed E-state index contributed by atoms with van der Waals surface area (Å²) in [4.78, 5) is 24.0. The van der Waals surface area contributed by atoms with E-state index in [4.69, 9.17) is 9.47 Å². The van der Waals surface area contributed by atoms with Crippen LogP contribution in [0.2, 0.25) is 0 Å². The van der Waals surface area contributed by atoms with Crippen molar-refractivity contribution in [2.75, 3.05) is 7.11 Å².